The predicted octanol–water partition coefficient (Wildman–Crippen LogP) is 1.91. The zero-order valence-electron chi connectivity index (χ0n) is 10.1. The van der Waals surface area contributed by atoms with E-state index in [0.29, 0.717) is 18.2 Å². The largest absolute Gasteiger partial charge is 0.366 e. The lowest BCUT2D eigenvalue weighted by Crippen LogP contribution is -2.32. The molecule has 0 saturated carbocycles. The molecule has 1 aromatic rings. The first-order chi connectivity index (χ1) is 8.66. The van der Waals surface area contributed by atoms with E-state index in [0.717, 1.165) is 12.8 Å². The maximum Gasteiger partial charge on any atom is 0.248 e. The van der Waals surface area contributed by atoms with Crippen molar-refractivity contribution in [3.63, 3.8) is 0 Å². The lowest BCUT2D eigenvalue weighted by atomic mass is 10.1. The minimum atomic E-state index is -0.599. The molecule has 0 unspecified atom stereocenters. The summed E-state index contributed by atoms with van der Waals surface area (Å²) in [6.07, 6.45) is 2.26. The van der Waals surface area contributed by atoms with Crippen molar-refractivity contribution < 1.29 is 9.18 Å². The summed E-state index contributed by atoms with van der Waals surface area (Å²) in [7, 11) is 0. The molecule has 0 bridgehead atoms. The standard InChI is InChI=1S/C13H17FN2OS/c14-12-7-9(13(15)17)1-2-10(12)8-16-11-3-5-18-6-4-11/h1-2,7,11,16H,3-6,8H2,(H2,15,17). The van der Waals surface area contributed by atoms with Crippen molar-refractivity contribution in [2.75, 3.05) is 11.5 Å². The van der Waals surface area contributed by atoms with E-state index in [4.69, 9.17) is 5.73 Å². The summed E-state index contributed by atoms with van der Waals surface area (Å²) in [6, 6.07) is 4.87. The Balaban J connectivity index is 1.94. The lowest BCUT2D eigenvalue weighted by molar-refractivity contribution is 0.1000. The number of thioether (sulfide) groups is 1. The highest BCUT2D eigenvalue weighted by Gasteiger charge is 2.14. The van der Waals surface area contributed by atoms with E-state index in [1.54, 1.807) is 12.1 Å². The zero-order valence-corrected chi connectivity index (χ0v) is 10.9. The zero-order chi connectivity index (χ0) is 13.0. The van der Waals surface area contributed by atoms with Gasteiger partial charge in [0.05, 0.1) is 0 Å². The number of rotatable bonds is 4. The number of halogens is 1. The van der Waals surface area contributed by atoms with Gasteiger partial charge in [-0.05, 0) is 36.5 Å². The van der Waals surface area contributed by atoms with Crippen LogP contribution in [0.2, 0.25) is 0 Å². The third-order valence-electron chi connectivity index (χ3n) is 3.14. The Kier molecular flexibility index (Phi) is 4.60. The fourth-order valence-electron chi connectivity index (χ4n) is 2.00. The van der Waals surface area contributed by atoms with Crippen molar-refractivity contribution in [3.8, 4) is 0 Å². The molecule has 0 aliphatic carbocycles. The molecule has 0 atom stereocenters. The molecule has 1 heterocycles. The molecular formula is C13H17FN2OS. The van der Waals surface area contributed by atoms with Gasteiger partial charge in [-0.15, -0.1) is 0 Å². The molecule has 18 heavy (non-hydrogen) atoms. The van der Waals surface area contributed by atoms with Crippen LogP contribution in [0.3, 0.4) is 0 Å². The number of nitrogens with one attached hydrogen (secondary N) is 1. The summed E-state index contributed by atoms with van der Waals surface area (Å²) in [5, 5.41) is 3.36. The normalized spacial score (nSPS) is 16.7. The van der Waals surface area contributed by atoms with E-state index >= 15 is 0 Å². The van der Waals surface area contributed by atoms with Crippen molar-refractivity contribution in [1.82, 2.24) is 5.32 Å². The van der Waals surface area contributed by atoms with Crippen LogP contribution in [0.1, 0.15) is 28.8 Å². The van der Waals surface area contributed by atoms with Gasteiger partial charge in [-0.25, -0.2) is 4.39 Å². The summed E-state index contributed by atoms with van der Waals surface area (Å²) >= 11 is 1.96. The first-order valence-corrected chi connectivity index (χ1v) is 7.21. The highest BCUT2D eigenvalue weighted by Crippen LogP contribution is 2.18. The van der Waals surface area contributed by atoms with Crippen LogP contribution in [0.15, 0.2) is 18.2 Å². The van der Waals surface area contributed by atoms with Crippen LogP contribution in [0, 0.1) is 5.82 Å². The maximum absolute atomic E-state index is 13.7. The number of amides is 1. The number of nitrogens with two attached hydrogens (primary N) is 1. The molecular weight excluding hydrogens is 251 g/mol. The van der Waals surface area contributed by atoms with Gasteiger partial charge in [-0.2, -0.15) is 11.8 Å². The van der Waals surface area contributed by atoms with Crippen LogP contribution in [0.25, 0.3) is 0 Å². The second-order valence-electron chi connectivity index (χ2n) is 4.44. The number of carbonyl (C=O) groups excluding carboxylic acids is 1. The van der Waals surface area contributed by atoms with Crippen LogP contribution in [0.5, 0.6) is 0 Å². The Bertz CT molecular complexity index is 433. The Morgan fingerprint density at radius 2 is 2.17 bits per heavy atom. The third-order valence-corrected chi connectivity index (χ3v) is 4.19. The summed E-state index contributed by atoms with van der Waals surface area (Å²) in [4.78, 5) is 10.9. The molecule has 2 rings (SSSR count). The number of carbonyl (C=O) groups is 1. The van der Waals surface area contributed by atoms with Gasteiger partial charge in [0.25, 0.3) is 0 Å². The lowest BCUT2D eigenvalue weighted by Gasteiger charge is -2.22. The highest BCUT2D eigenvalue weighted by atomic mass is 32.2. The number of primary amides is 1. The third kappa shape index (κ3) is 3.46. The number of benzene rings is 1. The Morgan fingerprint density at radius 3 is 2.78 bits per heavy atom. The van der Waals surface area contributed by atoms with Crippen molar-refractivity contribution in [2.24, 2.45) is 5.73 Å². The molecule has 1 aliphatic rings. The molecule has 98 valence electrons. The van der Waals surface area contributed by atoms with Crippen molar-refractivity contribution in [2.45, 2.75) is 25.4 Å². The van der Waals surface area contributed by atoms with Crippen LogP contribution >= 0.6 is 11.8 Å². The van der Waals surface area contributed by atoms with Crippen molar-refractivity contribution >= 4 is 17.7 Å². The molecule has 1 amide bonds. The molecule has 1 fully saturated rings. The van der Waals surface area contributed by atoms with Crippen LogP contribution in [0.4, 0.5) is 4.39 Å². The Morgan fingerprint density at radius 1 is 1.44 bits per heavy atom. The molecule has 5 heteroatoms. The monoisotopic (exact) mass is 268 g/mol. The summed E-state index contributed by atoms with van der Waals surface area (Å²) in [5.74, 6) is 1.36. The summed E-state index contributed by atoms with van der Waals surface area (Å²) in [6.45, 7) is 0.500. The van der Waals surface area contributed by atoms with E-state index in [2.05, 4.69) is 5.32 Å². The molecule has 3 nitrogen and oxygen atoms in total. The minimum Gasteiger partial charge on any atom is -0.366 e. The molecule has 1 aromatic carbocycles. The topological polar surface area (TPSA) is 55.1 Å². The smallest absolute Gasteiger partial charge is 0.248 e. The van der Waals surface area contributed by atoms with Crippen molar-refractivity contribution in [3.05, 3.63) is 35.1 Å². The first kappa shape index (κ1) is 13.4. The molecule has 1 saturated heterocycles. The Labute approximate surface area is 110 Å². The van der Waals surface area contributed by atoms with Gasteiger partial charge in [0.15, 0.2) is 0 Å². The van der Waals surface area contributed by atoms with Gasteiger partial charge in [-0.1, -0.05) is 6.07 Å². The van der Waals surface area contributed by atoms with Gasteiger partial charge in [0.2, 0.25) is 5.91 Å². The first-order valence-electron chi connectivity index (χ1n) is 6.06. The maximum atomic E-state index is 13.7. The molecule has 0 spiro atoms. The quantitative estimate of drug-likeness (QED) is 0.877. The van der Waals surface area contributed by atoms with Gasteiger partial charge in [0, 0.05) is 23.7 Å². The van der Waals surface area contributed by atoms with E-state index in [-0.39, 0.29) is 11.4 Å². The molecule has 1 aliphatic heterocycles. The number of hydrogen-bond acceptors (Lipinski definition) is 3. The molecule has 0 radical (unpaired) electrons. The number of hydrogen-bond donors (Lipinski definition) is 2. The summed E-state index contributed by atoms with van der Waals surface area (Å²) in [5.41, 5.74) is 5.89. The van der Waals surface area contributed by atoms with E-state index in [9.17, 15) is 9.18 Å². The minimum absolute atomic E-state index is 0.213. The van der Waals surface area contributed by atoms with E-state index in [1.165, 1.54) is 17.6 Å². The van der Waals surface area contributed by atoms with Crippen LogP contribution < -0.4 is 11.1 Å². The Hall–Kier alpha value is -1.07. The van der Waals surface area contributed by atoms with Crippen LogP contribution in [-0.2, 0) is 6.54 Å². The molecule has 0 aromatic heterocycles. The average molecular weight is 268 g/mol. The second-order valence-corrected chi connectivity index (χ2v) is 5.66. The average Bonchev–Trinajstić information content (AvgIpc) is 2.38. The van der Waals surface area contributed by atoms with Gasteiger partial charge < -0.3 is 11.1 Å². The van der Waals surface area contributed by atoms with Gasteiger partial charge in [0.1, 0.15) is 5.82 Å². The van der Waals surface area contributed by atoms with E-state index < -0.39 is 5.91 Å². The highest BCUT2D eigenvalue weighted by molar-refractivity contribution is 7.99. The fourth-order valence-corrected chi connectivity index (χ4v) is 3.11. The van der Waals surface area contributed by atoms with Crippen molar-refractivity contribution in [1.29, 1.82) is 0 Å². The fraction of sp³-hybridized carbons (Fsp3) is 0.462. The van der Waals surface area contributed by atoms with Gasteiger partial charge >= 0.3 is 0 Å². The molecule has 3 N–H and O–H groups in total. The van der Waals surface area contributed by atoms with Crippen LogP contribution in [-0.4, -0.2) is 23.5 Å². The predicted molar refractivity (Wildman–Crippen MR) is 72.1 cm³/mol. The van der Waals surface area contributed by atoms with Gasteiger partial charge in [-0.3, -0.25) is 4.79 Å². The summed E-state index contributed by atoms with van der Waals surface area (Å²) < 4.78 is 13.7. The SMILES string of the molecule is NC(=O)c1ccc(CNC2CCSCC2)c(F)c1. The van der Waals surface area contributed by atoms with E-state index in [1.807, 2.05) is 11.8 Å². The second kappa shape index (κ2) is 6.20.